The number of rotatable bonds is 0. The van der Waals surface area contributed by atoms with Crippen molar-refractivity contribution in [3.8, 4) is 0 Å². The van der Waals surface area contributed by atoms with Crippen molar-refractivity contribution < 1.29 is 4.74 Å². The van der Waals surface area contributed by atoms with Crippen LogP contribution in [0.15, 0.2) is 11.6 Å². The van der Waals surface area contributed by atoms with E-state index in [1.54, 1.807) is 0 Å². The van der Waals surface area contributed by atoms with E-state index in [2.05, 4.69) is 19.9 Å². The van der Waals surface area contributed by atoms with E-state index in [1.807, 2.05) is 0 Å². The van der Waals surface area contributed by atoms with Crippen LogP contribution in [0.5, 0.6) is 0 Å². The topological polar surface area (TPSA) is 9.23 Å². The summed E-state index contributed by atoms with van der Waals surface area (Å²) in [5, 5.41) is 0. The van der Waals surface area contributed by atoms with Crippen LogP contribution in [0.2, 0.25) is 0 Å². The van der Waals surface area contributed by atoms with Crippen molar-refractivity contribution in [2.24, 2.45) is 11.8 Å². The van der Waals surface area contributed by atoms with E-state index in [-0.39, 0.29) is 0 Å². The van der Waals surface area contributed by atoms with E-state index >= 15 is 0 Å². The van der Waals surface area contributed by atoms with E-state index in [9.17, 15) is 0 Å². The summed E-state index contributed by atoms with van der Waals surface area (Å²) in [5.41, 5.74) is 1.51. The molecule has 11 heavy (non-hydrogen) atoms. The molecule has 0 aromatic carbocycles. The standard InChI is InChI=1S/C10H16O/c1-7-3-4-9-8(2)6-11-10(9)5-7/h3,8-10H,4-6H2,1-2H3. The minimum atomic E-state index is 0.551. The van der Waals surface area contributed by atoms with Gasteiger partial charge in [-0.05, 0) is 31.6 Å². The highest BCUT2D eigenvalue weighted by Crippen LogP contribution is 2.36. The van der Waals surface area contributed by atoms with Crippen molar-refractivity contribution in [3.63, 3.8) is 0 Å². The zero-order valence-electron chi connectivity index (χ0n) is 7.34. The predicted molar refractivity (Wildman–Crippen MR) is 45.4 cm³/mol. The van der Waals surface area contributed by atoms with Crippen molar-refractivity contribution >= 4 is 0 Å². The summed E-state index contributed by atoms with van der Waals surface area (Å²) in [4.78, 5) is 0. The number of fused-ring (bicyclic) bond motifs is 1. The second-order valence-corrected chi connectivity index (χ2v) is 4.00. The first-order valence-electron chi connectivity index (χ1n) is 4.54. The Morgan fingerprint density at radius 2 is 2.36 bits per heavy atom. The molecule has 0 spiro atoms. The average molecular weight is 152 g/mol. The van der Waals surface area contributed by atoms with Crippen molar-refractivity contribution in [1.82, 2.24) is 0 Å². The largest absolute Gasteiger partial charge is 0.377 e. The molecular weight excluding hydrogens is 136 g/mol. The molecule has 0 aromatic heterocycles. The third-order valence-corrected chi connectivity index (χ3v) is 3.04. The van der Waals surface area contributed by atoms with E-state index in [1.165, 1.54) is 18.4 Å². The van der Waals surface area contributed by atoms with Crippen LogP contribution in [0.3, 0.4) is 0 Å². The lowest BCUT2D eigenvalue weighted by Gasteiger charge is -2.24. The van der Waals surface area contributed by atoms with Crippen molar-refractivity contribution in [1.29, 1.82) is 0 Å². The number of hydrogen-bond donors (Lipinski definition) is 0. The molecule has 0 saturated carbocycles. The van der Waals surface area contributed by atoms with E-state index in [4.69, 9.17) is 4.74 Å². The fraction of sp³-hybridized carbons (Fsp3) is 0.800. The SMILES string of the molecule is CC1=CCC2C(C)COC2C1. The predicted octanol–water partition coefficient (Wildman–Crippen LogP) is 2.38. The van der Waals surface area contributed by atoms with Gasteiger partial charge in [0.1, 0.15) is 0 Å². The van der Waals surface area contributed by atoms with Gasteiger partial charge >= 0.3 is 0 Å². The zero-order chi connectivity index (χ0) is 7.84. The summed E-state index contributed by atoms with van der Waals surface area (Å²) in [6.07, 6.45) is 5.36. The van der Waals surface area contributed by atoms with Gasteiger partial charge in [-0.15, -0.1) is 0 Å². The second kappa shape index (κ2) is 2.63. The summed E-state index contributed by atoms with van der Waals surface area (Å²) >= 11 is 0. The lowest BCUT2D eigenvalue weighted by atomic mass is 9.82. The first-order chi connectivity index (χ1) is 5.27. The maximum absolute atomic E-state index is 5.70. The first-order valence-corrected chi connectivity index (χ1v) is 4.54. The van der Waals surface area contributed by atoms with Gasteiger partial charge in [0.25, 0.3) is 0 Å². The molecule has 1 heteroatoms. The molecular formula is C10H16O. The Kier molecular flexibility index (Phi) is 1.76. The van der Waals surface area contributed by atoms with Gasteiger partial charge in [0.05, 0.1) is 6.10 Å². The molecule has 1 aliphatic carbocycles. The van der Waals surface area contributed by atoms with Crippen LogP contribution in [-0.2, 0) is 4.74 Å². The lowest BCUT2D eigenvalue weighted by Crippen LogP contribution is -2.22. The monoisotopic (exact) mass is 152 g/mol. The molecule has 0 amide bonds. The van der Waals surface area contributed by atoms with Gasteiger partial charge in [-0.25, -0.2) is 0 Å². The van der Waals surface area contributed by atoms with Crippen LogP contribution < -0.4 is 0 Å². The fourth-order valence-electron chi connectivity index (χ4n) is 2.22. The molecule has 0 N–H and O–H groups in total. The molecule has 1 fully saturated rings. The van der Waals surface area contributed by atoms with Crippen molar-refractivity contribution in [2.45, 2.75) is 32.8 Å². The average Bonchev–Trinajstić information content (AvgIpc) is 2.32. The second-order valence-electron chi connectivity index (χ2n) is 4.00. The van der Waals surface area contributed by atoms with Gasteiger partial charge in [-0.1, -0.05) is 18.6 Å². The molecule has 3 atom stereocenters. The number of allylic oxidation sites excluding steroid dienone is 1. The Labute approximate surface area is 68.4 Å². The molecule has 0 bridgehead atoms. The van der Waals surface area contributed by atoms with Gasteiger partial charge in [-0.3, -0.25) is 0 Å². The Balaban J connectivity index is 2.11. The normalized spacial score (nSPS) is 43.5. The smallest absolute Gasteiger partial charge is 0.0646 e. The molecule has 0 aromatic rings. The molecule has 1 saturated heterocycles. The summed E-state index contributed by atoms with van der Waals surface area (Å²) in [5.74, 6) is 1.60. The van der Waals surface area contributed by atoms with E-state index < -0.39 is 0 Å². The third kappa shape index (κ3) is 1.22. The Hall–Kier alpha value is -0.300. The summed E-state index contributed by atoms with van der Waals surface area (Å²) in [6.45, 7) is 5.50. The van der Waals surface area contributed by atoms with Crippen LogP contribution >= 0.6 is 0 Å². The van der Waals surface area contributed by atoms with Crippen molar-refractivity contribution in [3.05, 3.63) is 11.6 Å². The van der Waals surface area contributed by atoms with Gasteiger partial charge in [0.15, 0.2) is 0 Å². The van der Waals surface area contributed by atoms with Crippen LogP contribution in [0.4, 0.5) is 0 Å². The molecule has 0 radical (unpaired) electrons. The molecule has 2 aliphatic rings. The van der Waals surface area contributed by atoms with Crippen LogP contribution in [0, 0.1) is 11.8 Å². The van der Waals surface area contributed by atoms with Crippen molar-refractivity contribution in [2.75, 3.05) is 6.61 Å². The quantitative estimate of drug-likeness (QED) is 0.484. The first kappa shape index (κ1) is 7.35. The highest BCUT2D eigenvalue weighted by atomic mass is 16.5. The van der Waals surface area contributed by atoms with Gasteiger partial charge in [-0.2, -0.15) is 0 Å². The van der Waals surface area contributed by atoms with Gasteiger partial charge in [0, 0.05) is 6.61 Å². The number of hydrogen-bond acceptors (Lipinski definition) is 1. The van der Waals surface area contributed by atoms with E-state index in [0.717, 1.165) is 18.4 Å². The number of ether oxygens (including phenoxy) is 1. The molecule has 3 unspecified atom stereocenters. The zero-order valence-corrected chi connectivity index (χ0v) is 7.34. The van der Waals surface area contributed by atoms with Gasteiger partial charge < -0.3 is 4.74 Å². The Morgan fingerprint density at radius 3 is 3.18 bits per heavy atom. The maximum atomic E-state index is 5.70. The molecule has 1 nitrogen and oxygen atoms in total. The summed E-state index contributed by atoms with van der Waals surface area (Å²) < 4.78 is 5.70. The molecule has 1 aliphatic heterocycles. The van der Waals surface area contributed by atoms with E-state index in [0.29, 0.717) is 6.10 Å². The fourth-order valence-corrected chi connectivity index (χ4v) is 2.22. The highest BCUT2D eigenvalue weighted by Gasteiger charge is 2.35. The summed E-state index contributed by atoms with van der Waals surface area (Å²) in [7, 11) is 0. The molecule has 2 rings (SSSR count). The molecule has 1 heterocycles. The Morgan fingerprint density at radius 1 is 1.55 bits per heavy atom. The highest BCUT2D eigenvalue weighted by molar-refractivity contribution is 5.08. The lowest BCUT2D eigenvalue weighted by molar-refractivity contribution is 0.0873. The minimum Gasteiger partial charge on any atom is -0.377 e. The minimum absolute atomic E-state index is 0.551. The maximum Gasteiger partial charge on any atom is 0.0646 e. The third-order valence-electron chi connectivity index (χ3n) is 3.04. The van der Waals surface area contributed by atoms with Crippen LogP contribution in [-0.4, -0.2) is 12.7 Å². The Bertz CT molecular complexity index is 183. The van der Waals surface area contributed by atoms with Crippen LogP contribution in [0.1, 0.15) is 26.7 Å². The summed E-state index contributed by atoms with van der Waals surface area (Å²) in [6, 6.07) is 0. The van der Waals surface area contributed by atoms with Gasteiger partial charge in [0.2, 0.25) is 0 Å². The van der Waals surface area contributed by atoms with Crippen LogP contribution in [0.25, 0.3) is 0 Å². The molecule has 62 valence electrons.